The fourth-order valence-electron chi connectivity index (χ4n) is 2.41. The minimum Gasteiger partial charge on any atom is -0.347 e. The van der Waals surface area contributed by atoms with E-state index < -0.39 is 0 Å². The van der Waals surface area contributed by atoms with Crippen LogP contribution in [0.25, 0.3) is 11.4 Å². The number of halogens is 1. The zero-order chi connectivity index (χ0) is 19.6. The highest BCUT2D eigenvalue weighted by molar-refractivity contribution is 7.99. The van der Waals surface area contributed by atoms with Gasteiger partial charge in [0.1, 0.15) is 5.82 Å². The van der Waals surface area contributed by atoms with Crippen molar-refractivity contribution in [3.05, 3.63) is 35.1 Å². The maximum atomic E-state index is 5.99. The smallest absolute Gasteiger partial charge is 0.229 e. The molecule has 0 N–H and O–H groups in total. The molecule has 27 heavy (non-hydrogen) atoms. The van der Waals surface area contributed by atoms with Crippen LogP contribution in [0.3, 0.4) is 0 Å². The summed E-state index contributed by atoms with van der Waals surface area (Å²) < 4.78 is 2.04. The molecule has 0 fully saturated rings. The van der Waals surface area contributed by atoms with Crippen molar-refractivity contribution in [2.75, 3.05) is 19.0 Å². The Hall–Kier alpha value is -2.19. The van der Waals surface area contributed by atoms with Gasteiger partial charge >= 0.3 is 0 Å². The van der Waals surface area contributed by atoms with E-state index in [0.717, 1.165) is 28.9 Å². The Morgan fingerprint density at radius 2 is 1.78 bits per heavy atom. The molecule has 0 aliphatic carbocycles. The number of benzene rings is 1. The molecule has 0 aliphatic rings. The SMILES string of the molecule is CCn1c(Sc2nc(C(C)C)nc(N(C)C)n2)nnc1-c1ccc(Cl)cc1. The lowest BCUT2D eigenvalue weighted by Crippen LogP contribution is -2.16. The van der Waals surface area contributed by atoms with E-state index in [4.69, 9.17) is 11.6 Å². The van der Waals surface area contributed by atoms with Crippen molar-refractivity contribution in [1.82, 2.24) is 29.7 Å². The summed E-state index contributed by atoms with van der Waals surface area (Å²) >= 11 is 7.39. The monoisotopic (exact) mass is 403 g/mol. The summed E-state index contributed by atoms with van der Waals surface area (Å²) in [4.78, 5) is 15.5. The summed E-state index contributed by atoms with van der Waals surface area (Å²) in [7, 11) is 3.84. The fourth-order valence-corrected chi connectivity index (χ4v) is 3.37. The molecule has 0 saturated carbocycles. The van der Waals surface area contributed by atoms with Crippen molar-refractivity contribution in [1.29, 1.82) is 0 Å². The van der Waals surface area contributed by atoms with Gasteiger partial charge in [-0.15, -0.1) is 10.2 Å². The summed E-state index contributed by atoms with van der Waals surface area (Å²) in [5.74, 6) is 2.40. The third kappa shape index (κ3) is 4.39. The third-order valence-corrected chi connectivity index (χ3v) is 4.96. The summed E-state index contributed by atoms with van der Waals surface area (Å²) in [6, 6.07) is 7.58. The Bertz CT molecular complexity index is 896. The Morgan fingerprint density at radius 1 is 1.07 bits per heavy atom. The Kier molecular flexibility index (Phi) is 5.96. The minimum atomic E-state index is 0.208. The average Bonchev–Trinajstić information content (AvgIpc) is 3.04. The molecule has 3 aromatic rings. The Labute approximate surface area is 168 Å². The van der Waals surface area contributed by atoms with Crippen molar-refractivity contribution >= 4 is 29.3 Å². The maximum Gasteiger partial charge on any atom is 0.229 e. The molecule has 7 nitrogen and oxygen atoms in total. The van der Waals surface area contributed by atoms with Crippen LogP contribution in [0.2, 0.25) is 5.02 Å². The molecule has 2 heterocycles. The highest BCUT2D eigenvalue weighted by Crippen LogP contribution is 2.29. The average molecular weight is 404 g/mol. The van der Waals surface area contributed by atoms with Gasteiger partial charge in [0.25, 0.3) is 0 Å². The van der Waals surface area contributed by atoms with Crippen LogP contribution < -0.4 is 4.90 Å². The van der Waals surface area contributed by atoms with Crippen molar-refractivity contribution in [2.24, 2.45) is 0 Å². The van der Waals surface area contributed by atoms with Gasteiger partial charge in [0.2, 0.25) is 11.1 Å². The summed E-state index contributed by atoms with van der Waals surface area (Å²) in [5, 5.41) is 10.8. The van der Waals surface area contributed by atoms with Gasteiger partial charge in [-0.1, -0.05) is 25.4 Å². The van der Waals surface area contributed by atoms with Gasteiger partial charge in [0.15, 0.2) is 11.0 Å². The molecule has 0 unspecified atom stereocenters. The predicted molar refractivity (Wildman–Crippen MR) is 109 cm³/mol. The van der Waals surface area contributed by atoms with Crippen LogP contribution >= 0.6 is 23.4 Å². The quantitative estimate of drug-likeness (QED) is 0.612. The van der Waals surface area contributed by atoms with E-state index in [2.05, 4.69) is 45.9 Å². The molecule has 142 valence electrons. The van der Waals surface area contributed by atoms with Gasteiger partial charge in [0.05, 0.1) is 0 Å². The first-order valence-electron chi connectivity index (χ1n) is 8.69. The number of nitrogens with zero attached hydrogens (tertiary/aromatic N) is 7. The third-order valence-electron chi connectivity index (χ3n) is 3.85. The second-order valence-electron chi connectivity index (χ2n) is 6.48. The molecule has 0 aliphatic heterocycles. The molecule has 0 radical (unpaired) electrons. The van der Waals surface area contributed by atoms with E-state index >= 15 is 0 Å². The summed E-state index contributed by atoms with van der Waals surface area (Å²) in [6.45, 7) is 6.92. The highest BCUT2D eigenvalue weighted by Gasteiger charge is 2.17. The second kappa shape index (κ2) is 8.22. The Morgan fingerprint density at radius 3 is 2.37 bits per heavy atom. The maximum absolute atomic E-state index is 5.99. The summed E-state index contributed by atoms with van der Waals surface area (Å²) in [5.41, 5.74) is 0.966. The molecule has 2 aromatic heterocycles. The van der Waals surface area contributed by atoms with E-state index in [9.17, 15) is 0 Å². The summed E-state index contributed by atoms with van der Waals surface area (Å²) in [6.07, 6.45) is 0. The van der Waals surface area contributed by atoms with Gasteiger partial charge in [-0.05, 0) is 43.0 Å². The van der Waals surface area contributed by atoms with Gasteiger partial charge < -0.3 is 9.47 Å². The minimum absolute atomic E-state index is 0.208. The molecule has 1 aromatic carbocycles. The number of aromatic nitrogens is 6. The van der Waals surface area contributed by atoms with E-state index in [1.807, 2.05) is 47.8 Å². The predicted octanol–water partition coefficient (Wildman–Crippen LogP) is 4.14. The molecule has 0 atom stereocenters. The van der Waals surface area contributed by atoms with Gasteiger partial charge in [-0.3, -0.25) is 0 Å². The molecule has 3 rings (SSSR count). The fraction of sp³-hybridized carbons (Fsp3) is 0.389. The van der Waals surface area contributed by atoms with Crippen LogP contribution in [0.4, 0.5) is 5.95 Å². The van der Waals surface area contributed by atoms with Crippen LogP contribution in [0, 0.1) is 0 Å². The molecule has 0 amide bonds. The molecular weight excluding hydrogens is 382 g/mol. The van der Waals surface area contributed by atoms with E-state index in [1.165, 1.54) is 11.8 Å². The van der Waals surface area contributed by atoms with E-state index in [0.29, 0.717) is 16.1 Å². The van der Waals surface area contributed by atoms with Crippen LogP contribution in [0.1, 0.15) is 32.5 Å². The largest absolute Gasteiger partial charge is 0.347 e. The van der Waals surface area contributed by atoms with Crippen molar-refractivity contribution in [3.63, 3.8) is 0 Å². The van der Waals surface area contributed by atoms with E-state index in [-0.39, 0.29) is 5.92 Å². The van der Waals surface area contributed by atoms with Crippen LogP contribution in [0.15, 0.2) is 34.6 Å². The zero-order valence-electron chi connectivity index (χ0n) is 16.0. The second-order valence-corrected chi connectivity index (χ2v) is 7.86. The van der Waals surface area contributed by atoms with Crippen molar-refractivity contribution < 1.29 is 0 Å². The lowest BCUT2D eigenvalue weighted by Gasteiger charge is -2.14. The topological polar surface area (TPSA) is 72.6 Å². The zero-order valence-corrected chi connectivity index (χ0v) is 17.6. The molecular formula is C18H22ClN7S. The van der Waals surface area contributed by atoms with Gasteiger partial charge in [-0.25, -0.2) is 4.98 Å². The van der Waals surface area contributed by atoms with Crippen LogP contribution in [-0.2, 0) is 6.54 Å². The van der Waals surface area contributed by atoms with E-state index in [1.54, 1.807) is 0 Å². The Balaban J connectivity index is 1.97. The van der Waals surface area contributed by atoms with Gasteiger partial charge in [-0.2, -0.15) is 9.97 Å². The number of hydrogen-bond donors (Lipinski definition) is 0. The molecule has 9 heteroatoms. The normalized spacial score (nSPS) is 11.2. The number of anilines is 1. The molecule has 0 bridgehead atoms. The lowest BCUT2D eigenvalue weighted by atomic mass is 10.2. The van der Waals surface area contributed by atoms with Crippen molar-refractivity contribution in [2.45, 2.75) is 43.5 Å². The van der Waals surface area contributed by atoms with Crippen LogP contribution in [0.5, 0.6) is 0 Å². The first-order valence-corrected chi connectivity index (χ1v) is 9.88. The van der Waals surface area contributed by atoms with Gasteiger partial charge in [0, 0.05) is 37.1 Å². The number of rotatable bonds is 6. The molecule has 0 spiro atoms. The highest BCUT2D eigenvalue weighted by atomic mass is 35.5. The standard InChI is InChI=1S/C18H22ClN7S/c1-6-26-15(12-7-9-13(19)10-8-12)23-24-18(26)27-17-21-14(11(2)3)20-16(22-17)25(4)5/h7-11H,6H2,1-5H3. The first-order chi connectivity index (χ1) is 12.9. The van der Waals surface area contributed by atoms with Crippen molar-refractivity contribution in [3.8, 4) is 11.4 Å². The van der Waals surface area contributed by atoms with Crippen LogP contribution in [-0.4, -0.2) is 43.8 Å². The number of hydrogen-bond acceptors (Lipinski definition) is 7. The first kappa shape index (κ1) is 19.6. The molecule has 0 saturated heterocycles. The lowest BCUT2D eigenvalue weighted by molar-refractivity contribution is 0.680.